The highest BCUT2D eigenvalue weighted by molar-refractivity contribution is 6.05. The number of nitrogens with zero attached hydrogens (tertiary/aromatic N) is 1. The number of aromatic nitrogens is 2. The smallest absolute Gasteiger partial charge is 0.255 e. The summed E-state index contributed by atoms with van der Waals surface area (Å²) in [5.41, 5.74) is 9.51. The van der Waals surface area contributed by atoms with Crippen LogP contribution in [-0.2, 0) is 0 Å². The third-order valence-corrected chi connectivity index (χ3v) is 3.23. The number of benzene rings is 2. The number of nitrogen functional groups attached to an aromatic ring is 1. The molecule has 2 aromatic carbocycles. The van der Waals surface area contributed by atoms with Gasteiger partial charge >= 0.3 is 0 Å². The zero-order valence-corrected chi connectivity index (χ0v) is 11.0. The van der Waals surface area contributed by atoms with Crippen LogP contribution in [0.1, 0.15) is 15.9 Å². The molecule has 0 aliphatic rings. The van der Waals surface area contributed by atoms with Crippen LogP contribution in [-0.4, -0.2) is 16.1 Å². The van der Waals surface area contributed by atoms with E-state index in [-0.39, 0.29) is 5.91 Å². The molecular weight excluding hydrogens is 252 g/mol. The standard InChI is InChI=1S/C15H14N4O/c1-9-6-10(3-5-13(9)16)15(20)18-12-4-2-11-8-17-19-14(11)7-12/h2-8H,16H2,1H3,(H,17,19)(H,18,20). The Hall–Kier alpha value is -2.82. The highest BCUT2D eigenvalue weighted by Crippen LogP contribution is 2.18. The summed E-state index contributed by atoms with van der Waals surface area (Å²) < 4.78 is 0. The van der Waals surface area contributed by atoms with Gasteiger partial charge in [0.15, 0.2) is 0 Å². The molecule has 0 fully saturated rings. The van der Waals surface area contributed by atoms with Crippen molar-refractivity contribution in [3.8, 4) is 0 Å². The SMILES string of the molecule is Cc1cc(C(=O)Nc2ccc3cn[nH]c3c2)ccc1N. The molecule has 0 atom stereocenters. The van der Waals surface area contributed by atoms with E-state index in [0.717, 1.165) is 22.2 Å². The number of nitrogens with one attached hydrogen (secondary N) is 2. The monoisotopic (exact) mass is 266 g/mol. The molecule has 5 nitrogen and oxygen atoms in total. The van der Waals surface area contributed by atoms with Crippen molar-refractivity contribution in [2.24, 2.45) is 0 Å². The van der Waals surface area contributed by atoms with E-state index in [0.29, 0.717) is 11.3 Å². The second kappa shape index (κ2) is 4.70. The van der Waals surface area contributed by atoms with Crippen molar-refractivity contribution in [1.82, 2.24) is 10.2 Å². The summed E-state index contributed by atoms with van der Waals surface area (Å²) >= 11 is 0. The van der Waals surface area contributed by atoms with Crippen LogP contribution in [0.3, 0.4) is 0 Å². The van der Waals surface area contributed by atoms with Crippen LogP contribution >= 0.6 is 0 Å². The first-order chi connectivity index (χ1) is 9.63. The van der Waals surface area contributed by atoms with E-state index in [2.05, 4.69) is 15.5 Å². The Morgan fingerprint density at radius 1 is 1.25 bits per heavy atom. The number of carbonyl (C=O) groups is 1. The van der Waals surface area contributed by atoms with Crippen LogP contribution in [0.25, 0.3) is 10.9 Å². The van der Waals surface area contributed by atoms with Crippen molar-refractivity contribution in [1.29, 1.82) is 0 Å². The van der Waals surface area contributed by atoms with Gasteiger partial charge in [-0.2, -0.15) is 5.10 Å². The molecule has 1 amide bonds. The quantitative estimate of drug-likeness (QED) is 0.623. The molecular formula is C15H14N4O. The maximum absolute atomic E-state index is 12.2. The summed E-state index contributed by atoms with van der Waals surface area (Å²) in [5, 5.41) is 10.7. The molecule has 0 saturated carbocycles. The molecule has 0 saturated heterocycles. The number of aromatic amines is 1. The molecule has 20 heavy (non-hydrogen) atoms. The molecule has 0 aliphatic heterocycles. The summed E-state index contributed by atoms with van der Waals surface area (Å²) in [6, 6.07) is 10.8. The average molecular weight is 266 g/mol. The first kappa shape index (κ1) is 12.2. The van der Waals surface area contributed by atoms with E-state index >= 15 is 0 Å². The predicted octanol–water partition coefficient (Wildman–Crippen LogP) is 2.71. The van der Waals surface area contributed by atoms with E-state index in [1.807, 2.05) is 25.1 Å². The third-order valence-electron chi connectivity index (χ3n) is 3.23. The predicted molar refractivity (Wildman–Crippen MR) is 79.6 cm³/mol. The van der Waals surface area contributed by atoms with Crippen molar-refractivity contribution in [3.05, 3.63) is 53.7 Å². The Morgan fingerprint density at radius 3 is 2.90 bits per heavy atom. The Balaban J connectivity index is 1.85. The third kappa shape index (κ3) is 2.21. The molecule has 5 heteroatoms. The maximum atomic E-state index is 12.2. The Labute approximate surface area is 115 Å². The van der Waals surface area contributed by atoms with Gasteiger partial charge in [0, 0.05) is 22.3 Å². The second-order valence-corrected chi connectivity index (χ2v) is 4.70. The number of amides is 1. The molecule has 3 rings (SSSR count). The van der Waals surface area contributed by atoms with Crippen LogP contribution in [0.4, 0.5) is 11.4 Å². The fourth-order valence-electron chi connectivity index (χ4n) is 2.03. The molecule has 0 bridgehead atoms. The summed E-state index contributed by atoms with van der Waals surface area (Å²) in [6.07, 6.45) is 1.74. The van der Waals surface area contributed by atoms with Crippen LogP contribution in [0.2, 0.25) is 0 Å². The number of hydrogen-bond acceptors (Lipinski definition) is 3. The highest BCUT2D eigenvalue weighted by Gasteiger charge is 2.08. The van der Waals surface area contributed by atoms with Gasteiger partial charge in [-0.3, -0.25) is 9.89 Å². The van der Waals surface area contributed by atoms with Gasteiger partial charge in [0.05, 0.1) is 11.7 Å². The van der Waals surface area contributed by atoms with Crippen molar-refractivity contribution in [2.75, 3.05) is 11.1 Å². The van der Waals surface area contributed by atoms with Gasteiger partial charge in [-0.25, -0.2) is 0 Å². The second-order valence-electron chi connectivity index (χ2n) is 4.70. The van der Waals surface area contributed by atoms with Crippen molar-refractivity contribution in [3.63, 3.8) is 0 Å². The van der Waals surface area contributed by atoms with Crippen molar-refractivity contribution < 1.29 is 4.79 Å². The number of H-pyrrole nitrogens is 1. The minimum Gasteiger partial charge on any atom is -0.399 e. The Kier molecular flexibility index (Phi) is 2.87. The minimum atomic E-state index is -0.160. The molecule has 0 unspecified atom stereocenters. The summed E-state index contributed by atoms with van der Waals surface area (Å²) in [5.74, 6) is -0.160. The summed E-state index contributed by atoms with van der Waals surface area (Å²) in [7, 11) is 0. The Morgan fingerprint density at radius 2 is 2.10 bits per heavy atom. The highest BCUT2D eigenvalue weighted by atomic mass is 16.1. The molecule has 100 valence electrons. The number of anilines is 2. The lowest BCUT2D eigenvalue weighted by Crippen LogP contribution is -2.12. The van der Waals surface area contributed by atoms with Gasteiger partial charge < -0.3 is 11.1 Å². The van der Waals surface area contributed by atoms with Crippen molar-refractivity contribution in [2.45, 2.75) is 6.92 Å². The first-order valence-electron chi connectivity index (χ1n) is 6.24. The van der Waals surface area contributed by atoms with Gasteiger partial charge in [-0.05, 0) is 48.9 Å². The molecule has 0 aliphatic carbocycles. The van der Waals surface area contributed by atoms with E-state index in [1.54, 1.807) is 24.4 Å². The number of rotatable bonds is 2. The molecule has 0 radical (unpaired) electrons. The Bertz CT molecular complexity index is 791. The number of aryl methyl sites for hydroxylation is 1. The molecule has 0 spiro atoms. The number of fused-ring (bicyclic) bond motifs is 1. The lowest BCUT2D eigenvalue weighted by Gasteiger charge is -2.07. The van der Waals surface area contributed by atoms with Gasteiger partial charge in [-0.15, -0.1) is 0 Å². The summed E-state index contributed by atoms with van der Waals surface area (Å²) in [6.45, 7) is 1.88. The van der Waals surface area contributed by atoms with Gasteiger partial charge in [0.2, 0.25) is 0 Å². The van der Waals surface area contributed by atoms with Crippen LogP contribution in [0, 0.1) is 6.92 Å². The topological polar surface area (TPSA) is 83.8 Å². The van der Waals surface area contributed by atoms with E-state index in [1.165, 1.54) is 0 Å². The molecule has 3 aromatic rings. The minimum absolute atomic E-state index is 0.160. The summed E-state index contributed by atoms with van der Waals surface area (Å²) in [4.78, 5) is 12.2. The first-order valence-corrected chi connectivity index (χ1v) is 6.24. The lowest BCUT2D eigenvalue weighted by atomic mass is 10.1. The average Bonchev–Trinajstić information content (AvgIpc) is 2.89. The molecule has 4 N–H and O–H groups in total. The lowest BCUT2D eigenvalue weighted by molar-refractivity contribution is 0.102. The van der Waals surface area contributed by atoms with Crippen LogP contribution in [0.5, 0.6) is 0 Å². The van der Waals surface area contributed by atoms with E-state index < -0.39 is 0 Å². The van der Waals surface area contributed by atoms with E-state index in [9.17, 15) is 4.79 Å². The number of nitrogens with two attached hydrogens (primary N) is 1. The largest absolute Gasteiger partial charge is 0.399 e. The number of hydrogen-bond donors (Lipinski definition) is 3. The fraction of sp³-hybridized carbons (Fsp3) is 0.0667. The molecule has 1 aromatic heterocycles. The normalized spacial score (nSPS) is 10.7. The zero-order chi connectivity index (χ0) is 14.1. The van der Waals surface area contributed by atoms with Gasteiger partial charge in [0.1, 0.15) is 0 Å². The van der Waals surface area contributed by atoms with Crippen LogP contribution < -0.4 is 11.1 Å². The zero-order valence-electron chi connectivity index (χ0n) is 11.0. The van der Waals surface area contributed by atoms with Crippen molar-refractivity contribution >= 4 is 28.2 Å². The van der Waals surface area contributed by atoms with Crippen LogP contribution in [0.15, 0.2) is 42.6 Å². The van der Waals surface area contributed by atoms with Gasteiger partial charge in [0.25, 0.3) is 5.91 Å². The number of carbonyl (C=O) groups excluding carboxylic acids is 1. The van der Waals surface area contributed by atoms with E-state index in [4.69, 9.17) is 5.73 Å². The van der Waals surface area contributed by atoms with Gasteiger partial charge in [-0.1, -0.05) is 0 Å². The fourth-order valence-corrected chi connectivity index (χ4v) is 2.03. The molecule has 1 heterocycles. The maximum Gasteiger partial charge on any atom is 0.255 e.